The van der Waals surface area contributed by atoms with E-state index in [2.05, 4.69) is 0 Å². The first-order valence-corrected chi connectivity index (χ1v) is 9.29. The van der Waals surface area contributed by atoms with Gasteiger partial charge in [0.05, 0.1) is 11.1 Å². The highest BCUT2D eigenvalue weighted by atomic mass is 19.2. The summed E-state index contributed by atoms with van der Waals surface area (Å²) < 4.78 is 108. The van der Waals surface area contributed by atoms with E-state index in [4.69, 9.17) is 0 Å². The molecule has 0 aliphatic carbocycles. The first kappa shape index (κ1) is 23.5. The third kappa shape index (κ3) is 4.26. The summed E-state index contributed by atoms with van der Waals surface area (Å²) in [6, 6.07) is 0.482. The van der Waals surface area contributed by atoms with E-state index in [1.54, 1.807) is 0 Å². The number of carbonyl (C=O) groups excluding carboxylic acids is 2. The van der Waals surface area contributed by atoms with Gasteiger partial charge in [0.25, 0.3) is 11.8 Å². The van der Waals surface area contributed by atoms with Gasteiger partial charge in [-0.3, -0.25) is 9.59 Å². The van der Waals surface area contributed by atoms with Gasteiger partial charge in [-0.05, 0) is 25.0 Å². The van der Waals surface area contributed by atoms with Crippen LogP contribution in [-0.2, 0) is 0 Å². The maximum Gasteiger partial charge on any atom is 0.257 e. The van der Waals surface area contributed by atoms with E-state index < -0.39 is 69.5 Å². The molecule has 2 aromatic rings. The second-order valence-electron chi connectivity index (χ2n) is 6.99. The van der Waals surface area contributed by atoms with Crippen LogP contribution in [0.2, 0.25) is 0 Å². The molecule has 0 spiro atoms. The number of carbonyl (C=O) groups is 2. The molecule has 2 amide bonds. The van der Waals surface area contributed by atoms with E-state index in [0.717, 1.165) is 9.80 Å². The SMILES string of the molecule is O=C(c1cc(F)c(F)c(F)c1F)N1CCCN(C(=O)c2cc(F)c(F)c(F)c2F)CCC1. The molecule has 172 valence electrons. The van der Waals surface area contributed by atoms with Crippen molar-refractivity contribution in [3.05, 3.63) is 69.8 Å². The first-order chi connectivity index (χ1) is 15.0. The van der Waals surface area contributed by atoms with Crippen LogP contribution in [-0.4, -0.2) is 47.8 Å². The number of benzene rings is 2. The highest BCUT2D eigenvalue weighted by Crippen LogP contribution is 2.23. The molecule has 0 aromatic heterocycles. The average Bonchev–Trinajstić information content (AvgIpc) is 2.75. The molecule has 1 fully saturated rings. The quantitative estimate of drug-likeness (QED) is 0.379. The number of rotatable bonds is 2. The first-order valence-electron chi connectivity index (χ1n) is 9.29. The third-order valence-corrected chi connectivity index (χ3v) is 4.95. The minimum atomic E-state index is -2.13. The van der Waals surface area contributed by atoms with E-state index >= 15 is 0 Å². The van der Waals surface area contributed by atoms with Crippen LogP contribution < -0.4 is 0 Å². The van der Waals surface area contributed by atoms with Crippen molar-refractivity contribution in [3.8, 4) is 0 Å². The number of hydrogen-bond acceptors (Lipinski definition) is 2. The van der Waals surface area contributed by atoms with Crippen LogP contribution in [0.25, 0.3) is 0 Å². The molecule has 0 N–H and O–H groups in total. The van der Waals surface area contributed by atoms with Crippen molar-refractivity contribution in [3.63, 3.8) is 0 Å². The molecule has 1 heterocycles. The van der Waals surface area contributed by atoms with Crippen molar-refractivity contribution >= 4 is 11.8 Å². The van der Waals surface area contributed by atoms with E-state index in [-0.39, 0.29) is 51.2 Å². The Balaban J connectivity index is 1.73. The smallest absolute Gasteiger partial charge is 0.257 e. The van der Waals surface area contributed by atoms with Crippen molar-refractivity contribution in [2.24, 2.45) is 0 Å². The molecule has 2 aromatic carbocycles. The average molecular weight is 466 g/mol. The van der Waals surface area contributed by atoms with Crippen molar-refractivity contribution in [1.82, 2.24) is 9.80 Å². The van der Waals surface area contributed by atoms with Crippen LogP contribution in [0.15, 0.2) is 12.1 Å². The molecule has 32 heavy (non-hydrogen) atoms. The summed E-state index contributed by atoms with van der Waals surface area (Å²) >= 11 is 0. The predicted molar refractivity (Wildman–Crippen MR) is 93.6 cm³/mol. The molecule has 0 bridgehead atoms. The van der Waals surface area contributed by atoms with Crippen LogP contribution in [0.3, 0.4) is 0 Å². The van der Waals surface area contributed by atoms with Crippen molar-refractivity contribution in [2.45, 2.75) is 12.8 Å². The normalized spacial score (nSPS) is 14.9. The van der Waals surface area contributed by atoms with E-state index in [0.29, 0.717) is 0 Å². The zero-order valence-electron chi connectivity index (χ0n) is 16.1. The fourth-order valence-corrected chi connectivity index (χ4v) is 3.33. The minimum Gasteiger partial charge on any atom is -0.338 e. The lowest BCUT2D eigenvalue weighted by Gasteiger charge is -2.31. The van der Waals surface area contributed by atoms with Gasteiger partial charge >= 0.3 is 0 Å². The van der Waals surface area contributed by atoms with Crippen molar-refractivity contribution < 1.29 is 44.7 Å². The molecule has 1 aliphatic rings. The van der Waals surface area contributed by atoms with Gasteiger partial charge in [-0.1, -0.05) is 0 Å². The monoisotopic (exact) mass is 466 g/mol. The van der Waals surface area contributed by atoms with Crippen LogP contribution in [0, 0.1) is 46.5 Å². The maximum atomic E-state index is 13.9. The summed E-state index contributed by atoms with van der Waals surface area (Å²) in [6.07, 6.45) is 0.0536. The van der Waals surface area contributed by atoms with Gasteiger partial charge in [0.1, 0.15) is 0 Å². The molecule has 1 aliphatic heterocycles. The molecule has 1 saturated heterocycles. The molecule has 0 unspecified atom stereocenters. The topological polar surface area (TPSA) is 40.6 Å². The van der Waals surface area contributed by atoms with Gasteiger partial charge in [0, 0.05) is 26.2 Å². The Hall–Kier alpha value is -3.18. The molecule has 12 heteroatoms. The molecule has 0 saturated carbocycles. The predicted octanol–water partition coefficient (Wildman–Crippen LogP) is 4.18. The summed E-state index contributed by atoms with van der Waals surface area (Å²) in [4.78, 5) is 27.0. The molecule has 0 radical (unpaired) electrons. The van der Waals surface area contributed by atoms with Crippen molar-refractivity contribution in [1.29, 1.82) is 0 Å². The lowest BCUT2D eigenvalue weighted by molar-refractivity contribution is 0.0652. The van der Waals surface area contributed by atoms with Gasteiger partial charge in [-0.15, -0.1) is 0 Å². The van der Waals surface area contributed by atoms with Crippen molar-refractivity contribution in [2.75, 3.05) is 26.2 Å². The van der Waals surface area contributed by atoms with E-state index in [1.165, 1.54) is 0 Å². The highest BCUT2D eigenvalue weighted by Gasteiger charge is 2.29. The van der Waals surface area contributed by atoms with E-state index in [1.807, 2.05) is 0 Å². The lowest BCUT2D eigenvalue weighted by atomic mass is 10.1. The fourth-order valence-electron chi connectivity index (χ4n) is 3.33. The zero-order chi connectivity index (χ0) is 23.7. The summed E-state index contributed by atoms with van der Waals surface area (Å²) in [6.45, 7) is -0.511. The molecular formula is C20H14F8N2O2. The fraction of sp³-hybridized carbons (Fsp3) is 0.300. The number of nitrogens with zero attached hydrogens (tertiary/aromatic N) is 2. The Morgan fingerprint density at radius 2 is 0.844 bits per heavy atom. The van der Waals surface area contributed by atoms with Gasteiger partial charge < -0.3 is 9.80 Å². The van der Waals surface area contributed by atoms with Crippen LogP contribution >= 0.6 is 0 Å². The maximum absolute atomic E-state index is 13.9. The molecule has 0 atom stereocenters. The van der Waals surface area contributed by atoms with Crippen LogP contribution in [0.4, 0.5) is 35.1 Å². The van der Waals surface area contributed by atoms with E-state index in [9.17, 15) is 44.7 Å². The largest absolute Gasteiger partial charge is 0.338 e. The van der Waals surface area contributed by atoms with Crippen LogP contribution in [0.5, 0.6) is 0 Å². The summed E-state index contributed by atoms with van der Waals surface area (Å²) in [5.74, 6) is -17.7. The number of halogens is 8. The third-order valence-electron chi connectivity index (χ3n) is 4.95. The van der Waals surface area contributed by atoms with Gasteiger partial charge in [0.2, 0.25) is 0 Å². The van der Waals surface area contributed by atoms with Gasteiger partial charge in [-0.2, -0.15) is 0 Å². The Bertz CT molecular complexity index is 999. The number of hydrogen-bond donors (Lipinski definition) is 0. The second kappa shape index (κ2) is 9.13. The second-order valence-corrected chi connectivity index (χ2v) is 6.99. The minimum absolute atomic E-state index is 0.0268. The Morgan fingerprint density at radius 1 is 0.531 bits per heavy atom. The summed E-state index contributed by atoms with van der Waals surface area (Å²) in [5, 5.41) is 0. The van der Waals surface area contributed by atoms with Gasteiger partial charge in [-0.25, -0.2) is 35.1 Å². The molecule has 4 nitrogen and oxygen atoms in total. The Morgan fingerprint density at radius 3 is 1.16 bits per heavy atom. The van der Waals surface area contributed by atoms with Crippen LogP contribution in [0.1, 0.15) is 33.6 Å². The molecule has 3 rings (SSSR count). The standard InChI is InChI=1S/C20H14F8N2O2/c21-11-7-9(13(23)17(27)15(11)25)19(31)29-3-1-4-30(6-2-5-29)20(32)10-8-12(22)16(26)18(28)14(10)24/h7-8H,1-6H2. The summed E-state index contributed by atoms with van der Waals surface area (Å²) in [5.41, 5.74) is -2.01. The Kier molecular flexibility index (Phi) is 6.70. The lowest BCUT2D eigenvalue weighted by Crippen LogP contribution is -2.42. The molecular weight excluding hydrogens is 452 g/mol. The Labute approximate surface area is 176 Å². The van der Waals surface area contributed by atoms with Gasteiger partial charge in [0.15, 0.2) is 46.5 Å². The highest BCUT2D eigenvalue weighted by molar-refractivity contribution is 5.95. The zero-order valence-corrected chi connectivity index (χ0v) is 16.1. The summed E-state index contributed by atoms with van der Waals surface area (Å²) in [7, 11) is 0. The number of amides is 2.